The lowest BCUT2D eigenvalue weighted by atomic mass is 9.93. The summed E-state index contributed by atoms with van der Waals surface area (Å²) in [6, 6.07) is 15.1. The van der Waals surface area contributed by atoms with Gasteiger partial charge in [0.05, 0.1) is 25.7 Å². The van der Waals surface area contributed by atoms with Crippen molar-refractivity contribution in [3.05, 3.63) is 65.2 Å². The Labute approximate surface area is 172 Å². The summed E-state index contributed by atoms with van der Waals surface area (Å²) in [6.45, 7) is 4.80. The molecule has 6 nitrogen and oxygen atoms in total. The van der Waals surface area contributed by atoms with Crippen molar-refractivity contribution >= 4 is 11.8 Å². The summed E-state index contributed by atoms with van der Waals surface area (Å²) in [4.78, 5) is 26.7. The first-order valence-electron chi connectivity index (χ1n) is 9.92. The van der Waals surface area contributed by atoms with Gasteiger partial charge >= 0.3 is 0 Å². The molecule has 6 heteroatoms. The monoisotopic (exact) mass is 395 g/mol. The van der Waals surface area contributed by atoms with Crippen molar-refractivity contribution in [1.29, 1.82) is 0 Å². The number of nitrogens with zero attached hydrogens (tertiary/aromatic N) is 1. The Morgan fingerprint density at radius 3 is 2.38 bits per heavy atom. The van der Waals surface area contributed by atoms with Gasteiger partial charge < -0.3 is 15.8 Å². The molecule has 2 atom stereocenters. The summed E-state index contributed by atoms with van der Waals surface area (Å²) < 4.78 is 5.22. The number of nitrogens with two attached hydrogens (primary N) is 1. The van der Waals surface area contributed by atoms with Crippen LogP contribution in [0.2, 0.25) is 0 Å². The van der Waals surface area contributed by atoms with E-state index in [0.29, 0.717) is 13.0 Å². The standard InChI is InChI=1S/C23H29N3O3/c1-15(2)22(16-8-10-19(29-3)11-9-16)25-21(27)14-26-13-18-7-5-4-6-17(18)12-20(26)23(24)28/h4-11,15,20,22H,12-14H2,1-3H3,(H2,24,28)(H,25,27)/t20-,22?/m0/s1. The molecular weight excluding hydrogens is 366 g/mol. The first-order chi connectivity index (χ1) is 13.9. The van der Waals surface area contributed by atoms with Crippen LogP contribution in [-0.4, -0.2) is 36.4 Å². The normalized spacial score (nSPS) is 17.4. The molecule has 0 fully saturated rings. The Morgan fingerprint density at radius 2 is 1.79 bits per heavy atom. The molecule has 2 aromatic rings. The first kappa shape index (κ1) is 20.9. The molecule has 0 aliphatic carbocycles. The Kier molecular flexibility index (Phi) is 6.54. The van der Waals surface area contributed by atoms with Gasteiger partial charge in [-0.25, -0.2) is 0 Å². The van der Waals surface area contributed by atoms with E-state index in [1.54, 1.807) is 7.11 Å². The smallest absolute Gasteiger partial charge is 0.235 e. The average molecular weight is 396 g/mol. The molecule has 1 unspecified atom stereocenters. The van der Waals surface area contributed by atoms with Gasteiger partial charge in [-0.2, -0.15) is 0 Å². The second kappa shape index (κ2) is 9.09. The third kappa shape index (κ3) is 4.95. The third-order valence-electron chi connectivity index (χ3n) is 5.48. The van der Waals surface area contributed by atoms with Crippen LogP contribution in [0, 0.1) is 5.92 Å². The molecule has 154 valence electrons. The number of hydrogen-bond acceptors (Lipinski definition) is 4. The van der Waals surface area contributed by atoms with E-state index in [1.165, 1.54) is 0 Å². The summed E-state index contributed by atoms with van der Waals surface area (Å²) in [5, 5.41) is 3.13. The van der Waals surface area contributed by atoms with Crippen LogP contribution in [0.15, 0.2) is 48.5 Å². The fourth-order valence-electron chi connectivity index (χ4n) is 3.87. The minimum atomic E-state index is -0.478. The van der Waals surface area contributed by atoms with Crippen LogP contribution in [0.1, 0.15) is 36.6 Å². The van der Waals surface area contributed by atoms with Crippen LogP contribution in [0.3, 0.4) is 0 Å². The van der Waals surface area contributed by atoms with Crippen LogP contribution in [0.5, 0.6) is 5.75 Å². The molecule has 1 heterocycles. The lowest BCUT2D eigenvalue weighted by molar-refractivity contribution is -0.128. The number of methoxy groups -OCH3 is 1. The van der Waals surface area contributed by atoms with E-state index in [4.69, 9.17) is 10.5 Å². The lowest BCUT2D eigenvalue weighted by Gasteiger charge is -2.35. The highest BCUT2D eigenvalue weighted by Gasteiger charge is 2.31. The summed E-state index contributed by atoms with van der Waals surface area (Å²) in [5.74, 6) is 0.466. The van der Waals surface area contributed by atoms with E-state index in [-0.39, 0.29) is 24.4 Å². The number of fused-ring (bicyclic) bond motifs is 1. The van der Waals surface area contributed by atoms with Gasteiger partial charge in [0.2, 0.25) is 11.8 Å². The SMILES string of the molecule is COc1ccc(C(NC(=O)CN2Cc3ccccc3C[C@H]2C(N)=O)C(C)C)cc1. The number of carbonyl (C=O) groups is 2. The minimum Gasteiger partial charge on any atom is -0.497 e. The molecular formula is C23H29N3O3. The third-order valence-corrected chi connectivity index (χ3v) is 5.48. The summed E-state index contributed by atoms with van der Waals surface area (Å²) in [5.41, 5.74) is 8.90. The largest absolute Gasteiger partial charge is 0.497 e. The van der Waals surface area contributed by atoms with Gasteiger partial charge in [-0.1, -0.05) is 50.2 Å². The predicted octanol–water partition coefficient (Wildman–Crippen LogP) is 2.42. The number of hydrogen-bond donors (Lipinski definition) is 2. The van der Waals surface area contributed by atoms with Gasteiger partial charge in [0.25, 0.3) is 0 Å². The topological polar surface area (TPSA) is 84.7 Å². The number of nitrogens with one attached hydrogen (secondary N) is 1. The van der Waals surface area contributed by atoms with Crippen LogP contribution >= 0.6 is 0 Å². The van der Waals surface area contributed by atoms with Gasteiger partial charge in [0.15, 0.2) is 0 Å². The van der Waals surface area contributed by atoms with E-state index in [9.17, 15) is 9.59 Å². The van der Waals surface area contributed by atoms with E-state index >= 15 is 0 Å². The fraction of sp³-hybridized carbons (Fsp3) is 0.391. The van der Waals surface area contributed by atoms with E-state index in [0.717, 1.165) is 22.4 Å². The second-order valence-corrected chi connectivity index (χ2v) is 7.86. The van der Waals surface area contributed by atoms with Crippen molar-refractivity contribution in [3.63, 3.8) is 0 Å². The van der Waals surface area contributed by atoms with Crippen molar-refractivity contribution in [2.75, 3.05) is 13.7 Å². The molecule has 3 N–H and O–H groups in total. The van der Waals surface area contributed by atoms with Crippen LogP contribution in [0.25, 0.3) is 0 Å². The summed E-state index contributed by atoms with van der Waals surface area (Å²) in [7, 11) is 1.63. The highest BCUT2D eigenvalue weighted by molar-refractivity contribution is 5.83. The zero-order chi connectivity index (χ0) is 21.0. The predicted molar refractivity (Wildman–Crippen MR) is 112 cm³/mol. The highest BCUT2D eigenvalue weighted by atomic mass is 16.5. The first-order valence-corrected chi connectivity index (χ1v) is 9.92. The minimum absolute atomic E-state index is 0.120. The average Bonchev–Trinajstić information content (AvgIpc) is 2.71. The van der Waals surface area contributed by atoms with Crippen molar-refractivity contribution in [1.82, 2.24) is 10.2 Å². The highest BCUT2D eigenvalue weighted by Crippen LogP contribution is 2.25. The van der Waals surface area contributed by atoms with Gasteiger partial charge in [-0.05, 0) is 41.2 Å². The molecule has 0 aromatic heterocycles. The molecule has 0 spiro atoms. The zero-order valence-corrected chi connectivity index (χ0v) is 17.2. The quantitative estimate of drug-likeness (QED) is 0.754. The van der Waals surface area contributed by atoms with E-state index < -0.39 is 11.9 Å². The van der Waals surface area contributed by atoms with Crippen LogP contribution in [-0.2, 0) is 22.6 Å². The Hall–Kier alpha value is -2.86. The Morgan fingerprint density at radius 1 is 1.14 bits per heavy atom. The van der Waals surface area contributed by atoms with Crippen molar-refractivity contribution in [2.24, 2.45) is 11.7 Å². The second-order valence-electron chi connectivity index (χ2n) is 7.86. The lowest BCUT2D eigenvalue weighted by Crippen LogP contribution is -2.52. The molecule has 0 saturated carbocycles. The van der Waals surface area contributed by atoms with Gasteiger partial charge in [-0.3, -0.25) is 14.5 Å². The Bertz CT molecular complexity index is 864. The number of amides is 2. The molecule has 0 radical (unpaired) electrons. The molecule has 29 heavy (non-hydrogen) atoms. The molecule has 2 aromatic carbocycles. The molecule has 1 aliphatic rings. The number of primary amides is 1. The van der Waals surface area contributed by atoms with E-state index in [2.05, 4.69) is 19.2 Å². The van der Waals surface area contributed by atoms with Gasteiger partial charge in [0, 0.05) is 6.54 Å². The number of ether oxygens (including phenoxy) is 1. The molecule has 1 aliphatic heterocycles. The molecule has 0 saturated heterocycles. The fourth-order valence-corrected chi connectivity index (χ4v) is 3.87. The number of benzene rings is 2. The van der Waals surface area contributed by atoms with Crippen LogP contribution in [0.4, 0.5) is 0 Å². The zero-order valence-electron chi connectivity index (χ0n) is 17.2. The molecule has 2 amide bonds. The van der Waals surface area contributed by atoms with Crippen LogP contribution < -0.4 is 15.8 Å². The maximum atomic E-state index is 12.9. The van der Waals surface area contributed by atoms with Crippen molar-refractivity contribution in [2.45, 2.75) is 38.9 Å². The van der Waals surface area contributed by atoms with Gasteiger partial charge in [-0.15, -0.1) is 0 Å². The van der Waals surface area contributed by atoms with Crippen molar-refractivity contribution < 1.29 is 14.3 Å². The van der Waals surface area contributed by atoms with E-state index in [1.807, 2.05) is 53.4 Å². The van der Waals surface area contributed by atoms with Crippen molar-refractivity contribution in [3.8, 4) is 5.75 Å². The maximum Gasteiger partial charge on any atom is 0.235 e. The molecule has 0 bridgehead atoms. The number of carbonyl (C=O) groups excluding carboxylic acids is 2. The molecule has 3 rings (SSSR count). The summed E-state index contributed by atoms with van der Waals surface area (Å²) >= 11 is 0. The summed E-state index contributed by atoms with van der Waals surface area (Å²) in [6.07, 6.45) is 0.533. The van der Waals surface area contributed by atoms with Gasteiger partial charge in [0.1, 0.15) is 5.75 Å². The Balaban J connectivity index is 1.72. The number of rotatable bonds is 7. The maximum absolute atomic E-state index is 12.9.